The number of ether oxygens (including phenoxy) is 5. The van der Waals surface area contributed by atoms with Crippen LogP contribution in [0.5, 0.6) is 23.0 Å². The molecule has 35 heavy (non-hydrogen) atoms. The van der Waals surface area contributed by atoms with Gasteiger partial charge in [-0.2, -0.15) is 0 Å². The van der Waals surface area contributed by atoms with E-state index in [2.05, 4.69) is 5.32 Å². The van der Waals surface area contributed by atoms with Gasteiger partial charge in [0.05, 0.1) is 38.7 Å². The molecule has 2 aromatic rings. The van der Waals surface area contributed by atoms with Crippen molar-refractivity contribution < 1.29 is 33.3 Å². The van der Waals surface area contributed by atoms with Gasteiger partial charge in [-0.1, -0.05) is 18.2 Å². The first-order valence-electron chi connectivity index (χ1n) is 11.6. The predicted octanol–water partition coefficient (Wildman–Crippen LogP) is 2.08. The summed E-state index contributed by atoms with van der Waals surface area (Å²) in [5.41, 5.74) is 0.925. The van der Waals surface area contributed by atoms with E-state index in [0.29, 0.717) is 48.2 Å². The highest BCUT2D eigenvalue weighted by atomic mass is 16.7. The molecule has 0 radical (unpaired) electrons. The van der Waals surface area contributed by atoms with Crippen LogP contribution in [0.2, 0.25) is 0 Å². The van der Waals surface area contributed by atoms with Crippen LogP contribution in [0.25, 0.3) is 0 Å². The number of hydrogen-bond acceptors (Lipinski definition) is 7. The number of anilines is 1. The van der Waals surface area contributed by atoms with Crippen LogP contribution >= 0.6 is 0 Å². The van der Waals surface area contributed by atoms with E-state index in [1.807, 2.05) is 36.4 Å². The van der Waals surface area contributed by atoms with E-state index in [1.54, 1.807) is 31.3 Å². The lowest BCUT2D eigenvalue weighted by Gasteiger charge is -2.23. The van der Waals surface area contributed by atoms with Crippen LogP contribution in [0.4, 0.5) is 5.69 Å². The van der Waals surface area contributed by atoms with Gasteiger partial charge < -0.3 is 33.9 Å². The first-order chi connectivity index (χ1) is 17.0. The molecular weight excluding hydrogens is 452 g/mol. The van der Waals surface area contributed by atoms with Gasteiger partial charge in [-0.3, -0.25) is 9.59 Å². The third kappa shape index (κ3) is 3.41. The van der Waals surface area contributed by atoms with E-state index in [0.717, 1.165) is 5.56 Å². The second-order valence-electron chi connectivity index (χ2n) is 9.09. The molecule has 2 amide bonds. The largest absolute Gasteiger partial charge is 0.493 e. The number of fused-ring (bicyclic) bond motifs is 2. The molecule has 4 atom stereocenters. The van der Waals surface area contributed by atoms with Gasteiger partial charge in [0, 0.05) is 18.3 Å². The van der Waals surface area contributed by atoms with E-state index >= 15 is 0 Å². The van der Waals surface area contributed by atoms with Crippen LogP contribution in [0, 0.1) is 11.8 Å². The molecule has 2 fully saturated rings. The highest BCUT2D eigenvalue weighted by molar-refractivity contribution is 6.03. The van der Waals surface area contributed by atoms with Crippen molar-refractivity contribution in [2.45, 2.75) is 18.1 Å². The van der Waals surface area contributed by atoms with Crippen molar-refractivity contribution in [2.75, 3.05) is 39.0 Å². The van der Waals surface area contributed by atoms with Gasteiger partial charge in [-0.25, -0.2) is 0 Å². The molecule has 0 unspecified atom stereocenters. The van der Waals surface area contributed by atoms with Crippen molar-refractivity contribution in [3.05, 3.63) is 54.1 Å². The van der Waals surface area contributed by atoms with Crippen LogP contribution in [0.3, 0.4) is 0 Å². The zero-order valence-electron chi connectivity index (χ0n) is 19.5. The summed E-state index contributed by atoms with van der Waals surface area (Å²) in [5.74, 6) is 1.13. The Morgan fingerprint density at radius 1 is 1.11 bits per heavy atom. The van der Waals surface area contributed by atoms with Gasteiger partial charge in [-0.15, -0.1) is 0 Å². The fourth-order valence-electron chi connectivity index (χ4n) is 5.55. The van der Waals surface area contributed by atoms with Crippen LogP contribution in [0.1, 0.15) is 5.56 Å². The van der Waals surface area contributed by atoms with Gasteiger partial charge >= 0.3 is 0 Å². The summed E-state index contributed by atoms with van der Waals surface area (Å²) < 4.78 is 27.7. The fraction of sp³-hybridized carbons (Fsp3) is 0.385. The molecule has 0 aliphatic carbocycles. The number of nitrogens with zero attached hydrogens (tertiary/aromatic N) is 1. The number of hydrogen-bond donors (Lipinski definition) is 1. The molecule has 182 valence electrons. The Bertz CT molecular complexity index is 1230. The van der Waals surface area contributed by atoms with Crippen LogP contribution in [0.15, 0.2) is 48.6 Å². The summed E-state index contributed by atoms with van der Waals surface area (Å²) in [6.45, 7) is 0.956. The van der Waals surface area contributed by atoms with Crippen molar-refractivity contribution in [3.63, 3.8) is 0 Å². The summed E-state index contributed by atoms with van der Waals surface area (Å²) in [6.07, 6.45) is 4.07. The standard InChI is InChI=1S/C26H26N2O7/c1-31-17-5-3-15(11-20(17)32-2)8-10-27-24(29)22-19-7-9-26(35-19)13-28(25(30)23(22)26)16-4-6-18-21(12-16)34-14-33-18/h3-7,9,11-12,19,22-23H,8,10,13-14H2,1-2H3,(H,27,29)/t19-,22+,23+,26+/m1/s1. The maximum Gasteiger partial charge on any atom is 0.234 e. The van der Waals surface area contributed by atoms with E-state index in [9.17, 15) is 9.59 Å². The lowest BCUT2D eigenvalue weighted by molar-refractivity contribution is -0.131. The quantitative estimate of drug-likeness (QED) is 0.609. The summed E-state index contributed by atoms with van der Waals surface area (Å²) >= 11 is 0. The maximum atomic E-state index is 13.5. The highest BCUT2D eigenvalue weighted by Gasteiger charge is 2.67. The normalized spacial score (nSPS) is 27.3. The minimum Gasteiger partial charge on any atom is -0.493 e. The van der Waals surface area contributed by atoms with E-state index < -0.39 is 23.5 Å². The molecule has 2 saturated heterocycles. The minimum absolute atomic E-state index is 0.115. The number of rotatable bonds is 7. The minimum atomic E-state index is -0.788. The second kappa shape index (κ2) is 8.20. The van der Waals surface area contributed by atoms with Gasteiger partial charge in [-0.05, 0) is 36.2 Å². The molecule has 2 bridgehead atoms. The van der Waals surface area contributed by atoms with Crippen LogP contribution in [-0.2, 0) is 20.7 Å². The first kappa shape index (κ1) is 21.8. The number of amides is 2. The highest BCUT2D eigenvalue weighted by Crippen LogP contribution is 2.53. The smallest absolute Gasteiger partial charge is 0.234 e. The Balaban J connectivity index is 1.15. The number of nitrogens with one attached hydrogen (secondary N) is 1. The third-order valence-electron chi connectivity index (χ3n) is 7.23. The molecule has 2 aromatic carbocycles. The summed E-state index contributed by atoms with van der Waals surface area (Å²) in [5, 5.41) is 3.01. The molecule has 9 nitrogen and oxygen atoms in total. The van der Waals surface area contributed by atoms with Crippen molar-refractivity contribution in [2.24, 2.45) is 11.8 Å². The van der Waals surface area contributed by atoms with E-state index in [-0.39, 0.29) is 18.6 Å². The number of carbonyl (C=O) groups excluding carboxylic acids is 2. The lowest BCUT2D eigenvalue weighted by Crippen LogP contribution is -2.44. The summed E-state index contributed by atoms with van der Waals surface area (Å²) in [6, 6.07) is 11.1. The molecular formula is C26H26N2O7. The molecule has 9 heteroatoms. The fourth-order valence-corrected chi connectivity index (χ4v) is 5.55. The number of methoxy groups -OCH3 is 2. The molecule has 0 saturated carbocycles. The van der Waals surface area contributed by atoms with Crippen molar-refractivity contribution in [1.82, 2.24) is 5.32 Å². The van der Waals surface area contributed by atoms with Crippen molar-refractivity contribution in [1.29, 1.82) is 0 Å². The third-order valence-corrected chi connectivity index (χ3v) is 7.23. The van der Waals surface area contributed by atoms with Crippen molar-refractivity contribution >= 4 is 17.5 Å². The van der Waals surface area contributed by atoms with Gasteiger partial charge in [0.15, 0.2) is 23.0 Å². The Morgan fingerprint density at radius 3 is 2.77 bits per heavy atom. The molecule has 6 rings (SSSR count). The number of carbonyl (C=O) groups is 2. The molecule has 4 aliphatic rings. The first-order valence-corrected chi connectivity index (χ1v) is 11.6. The monoisotopic (exact) mass is 478 g/mol. The molecule has 0 aromatic heterocycles. The second-order valence-corrected chi connectivity index (χ2v) is 9.09. The van der Waals surface area contributed by atoms with Crippen LogP contribution in [-0.4, -0.2) is 57.6 Å². The van der Waals surface area contributed by atoms with Gasteiger partial charge in [0.1, 0.15) is 5.60 Å². The van der Waals surface area contributed by atoms with E-state index in [1.165, 1.54) is 0 Å². The average molecular weight is 479 g/mol. The molecule has 1 spiro atoms. The maximum absolute atomic E-state index is 13.5. The topological polar surface area (TPSA) is 95.6 Å². The SMILES string of the molecule is COc1ccc(CCNC(=O)[C@@H]2[C@H]3C(=O)N(c4ccc5c(c4)OCO5)C[C@@]34C=C[C@H]2O4)cc1OC. The Kier molecular flexibility index (Phi) is 5.10. The zero-order valence-corrected chi connectivity index (χ0v) is 19.5. The number of benzene rings is 2. The predicted molar refractivity (Wildman–Crippen MR) is 125 cm³/mol. The molecule has 4 aliphatic heterocycles. The summed E-state index contributed by atoms with van der Waals surface area (Å²) in [4.78, 5) is 28.5. The zero-order chi connectivity index (χ0) is 24.2. The Hall–Kier alpha value is -3.72. The molecule has 4 heterocycles. The Labute approximate surface area is 202 Å². The lowest BCUT2D eigenvalue weighted by atomic mass is 9.77. The van der Waals surface area contributed by atoms with Gasteiger partial charge in [0.2, 0.25) is 18.6 Å². The average Bonchev–Trinajstić information content (AvgIpc) is 3.64. The van der Waals surface area contributed by atoms with E-state index in [4.69, 9.17) is 23.7 Å². The van der Waals surface area contributed by atoms with Gasteiger partial charge in [0.25, 0.3) is 0 Å². The van der Waals surface area contributed by atoms with Crippen LogP contribution < -0.4 is 29.2 Å². The summed E-state index contributed by atoms with van der Waals surface area (Å²) in [7, 11) is 3.18. The van der Waals surface area contributed by atoms with Crippen molar-refractivity contribution in [3.8, 4) is 23.0 Å². The Morgan fingerprint density at radius 2 is 1.94 bits per heavy atom. The molecule has 1 N–H and O–H groups in total.